The minimum atomic E-state index is -0.129. The Hall–Kier alpha value is -1.43. The van der Waals surface area contributed by atoms with Gasteiger partial charge in [-0.15, -0.1) is 5.10 Å². The molecule has 1 aliphatic heterocycles. The number of hydrogen-bond donors (Lipinski definition) is 2. The third-order valence-corrected chi connectivity index (χ3v) is 3.02. The lowest BCUT2D eigenvalue weighted by Crippen LogP contribution is -2.32. The molecule has 1 aromatic heterocycles. The summed E-state index contributed by atoms with van der Waals surface area (Å²) in [5.41, 5.74) is 5.87. The lowest BCUT2D eigenvalue weighted by Gasteiger charge is -2.12. The first-order chi connectivity index (χ1) is 7.61. The third-order valence-electron chi connectivity index (χ3n) is 3.02. The highest BCUT2D eigenvalue weighted by Crippen LogP contribution is 2.16. The molecule has 2 atom stereocenters. The number of nitrogens with two attached hydrogens (primary N) is 1. The van der Waals surface area contributed by atoms with Gasteiger partial charge in [0.15, 0.2) is 0 Å². The van der Waals surface area contributed by atoms with Gasteiger partial charge in [0.05, 0.1) is 0 Å². The number of amides is 1. The molecule has 3 N–H and O–H groups in total. The number of carbonyl (C=O) groups excluding carboxylic acids is 1. The van der Waals surface area contributed by atoms with Gasteiger partial charge in [0.2, 0.25) is 5.82 Å². The van der Waals surface area contributed by atoms with Crippen molar-refractivity contribution in [3.05, 3.63) is 11.6 Å². The van der Waals surface area contributed by atoms with Crippen molar-refractivity contribution in [2.24, 2.45) is 11.7 Å². The Bertz CT molecular complexity index is 378. The van der Waals surface area contributed by atoms with Gasteiger partial charge in [-0.2, -0.15) is 0 Å². The maximum Gasteiger partial charge on any atom is 0.293 e. The summed E-state index contributed by atoms with van der Waals surface area (Å²) in [4.78, 5) is 17.8. The summed E-state index contributed by atoms with van der Waals surface area (Å²) in [5, 5.41) is 6.66. The monoisotopic (exact) mass is 223 g/mol. The number of likely N-dealkylation sites (tertiary alicyclic amines) is 1. The Morgan fingerprint density at radius 2 is 2.38 bits per heavy atom. The van der Waals surface area contributed by atoms with Gasteiger partial charge < -0.3 is 10.6 Å². The Morgan fingerprint density at radius 1 is 1.62 bits per heavy atom. The van der Waals surface area contributed by atoms with Crippen LogP contribution in [0.5, 0.6) is 0 Å². The second-order valence-corrected chi connectivity index (χ2v) is 4.31. The second kappa shape index (κ2) is 4.21. The molecule has 1 aromatic rings. The number of carbonyl (C=O) groups is 1. The fourth-order valence-corrected chi connectivity index (χ4v) is 1.85. The summed E-state index contributed by atoms with van der Waals surface area (Å²) in [7, 11) is 0. The summed E-state index contributed by atoms with van der Waals surface area (Å²) >= 11 is 0. The van der Waals surface area contributed by atoms with Crippen molar-refractivity contribution in [1.82, 2.24) is 20.1 Å². The van der Waals surface area contributed by atoms with E-state index in [2.05, 4.69) is 15.2 Å². The topological polar surface area (TPSA) is 87.9 Å². The molecule has 2 rings (SSSR count). The van der Waals surface area contributed by atoms with Crippen LogP contribution in [0.15, 0.2) is 0 Å². The van der Waals surface area contributed by atoms with Crippen molar-refractivity contribution in [3.63, 3.8) is 0 Å². The molecular weight excluding hydrogens is 206 g/mol. The van der Waals surface area contributed by atoms with E-state index in [9.17, 15) is 4.79 Å². The second-order valence-electron chi connectivity index (χ2n) is 4.31. The summed E-state index contributed by atoms with van der Waals surface area (Å²) < 4.78 is 0. The smallest absolute Gasteiger partial charge is 0.293 e. The van der Waals surface area contributed by atoms with Gasteiger partial charge in [-0.3, -0.25) is 9.89 Å². The molecule has 0 spiro atoms. The highest BCUT2D eigenvalue weighted by atomic mass is 16.2. The molecule has 1 saturated heterocycles. The number of aryl methyl sites for hydroxylation is 1. The molecule has 2 heterocycles. The van der Waals surface area contributed by atoms with Gasteiger partial charge >= 0.3 is 0 Å². The van der Waals surface area contributed by atoms with Crippen LogP contribution >= 0.6 is 0 Å². The standard InChI is InChI=1S/C10H17N5O/c1-3-8-12-9(14-13-8)10(16)15-4-6(2)7(11)5-15/h6-7H,3-5,11H2,1-2H3,(H,12,13,14). The van der Waals surface area contributed by atoms with Gasteiger partial charge in [0.1, 0.15) is 5.82 Å². The number of nitrogens with zero attached hydrogens (tertiary/aromatic N) is 3. The molecule has 0 aliphatic carbocycles. The fraction of sp³-hybridized carbons (Fsp3) is 0.700. The molecule has 0 aromatic carbocycles. The average molecular weight is 223 g/mol. The number of hydrogen-bond acceptors (Lipinski definition) is 4. The molecule has 6 heteroatoms. The minimum Gasteiger partial charge on any atom is -0.334 e. The van der Waals surface area contributed by atoms with Crippen LogP contribution in [0.1, 0.15) is 30.3 Å². The summed E-state index contributed by atoms with van der Waals surface area (Å²) in [6.45, 7) is 5.29. The fourth-order valence-electron chi connectivity index (χ4n) is 1.85. The van der Waals surface area contributed by atoms with Crippen molar-refractivity contribution < 1.29 is 4.79 Å². The Balaban J connectivity index is 2.08. The lowest BCUT2D eigenvalue weighted by molar-refractivity contribution is 0.0775. The zero-order chi connectivity index (χ0) is 11.7. The molecule has 1 aliphatic rings. The van der Waals surface area contributed by atoms with Crippen LogP contribution in [0, 0.1) is 5.92 Å². The summed E-state index contributed by atoms with van der Waals surface area (Å²) in [6.07, 6.45) is 0.746. The highest BCUT2D eigenvalue weighted by Gasteiger charge is 2.31. The normalized spacial score (nSPS) is 25.1. The van der Waals surface area contributed by atoms with Gasteiger partial charge in [-0.1, -0.05) is 13.8 Å². The molecule has 1 amide bonds. The summed E-state index contributed by atoms with van der Waals surface area (Å²) in [6, 6.07) is 0.0635. The van der Waals surface area contributed by atoms with E-state index in [1.54, 1.807) is 4.90 Å². The van der Waals surface area contributed by atoms with E-state index in [-0.39, 0.29) is 17.8 Å². The van der Waals surface area contributed by atoms with Crippen molar-refractivity contribution in [2.45, 2.75) is 26.3 Å². The van der Waals surface area contributed by atoms with E-state index in [4.69, 9.17) is 5.73 Å². The zero-order valence-corrected chi connectivity index (χ0v) is 9.60. The Kier molecular flexibility index (Phi) is 2.91. The van der Waals surface area contributed by atoms with Crippen LogP contribution in [0.25, 0.3) is 0 Å². The number of aromatic nitrogens is 3. The van der Waals surface area contributed by atoms with E-state index < -0.39 is 0 Å². The van der Waals surface area contributed by atoms with E-state index in [1.165, 1.54) is 0 Å². The van der Waals surface area contributed by atoms with Gasteiger partial charge in [0, 0.05) is 25.6 Å². The minimum absolute atomic E-state index is 0.0635. The van der Waals surface area contributed by atoms with Crippen LogP contribution in [0.4, 0.5) is 0 Å². The summed E-state index contributed by atoms with van der Waals surface area (Å²) in [5.74, 6) is 1.20. The molecule has 0 bridgehead atoms. The number of rotatable bonds is 2. The van der Waals surface area contributed by atoms with E-state index >= 15 is 0 Å². The lowest BCUT2D eigenvalue weighted by atomic mass is 10.1. The van der Waals surface area contributed by atoms with Crippen molar-refractivity contribution >= 4 is 5.91 Å². The molecule has 88 valence electrons. The quantitative estimate of drug-likeness (QED) is 0.726. The van der Waals surface area contributed by atoms with Gasteiger partial charge in [0.25, 0.3) is 5.91 Å². The largest absolute Gasteiger partial charge is 0.334 e. The Labute approximate surface area is 94.2 Å². The van der Waals surface area contributed by atoms with Crippen LogP contribution < -0.4 is 5.73 Å². The van der Waals surface area contributed by atoms with Crippen LogP contribution in [-0.4, -0.2) is 45.1 Å². The van der Waals surface area contributed by atoms with Gasteiger partial charge in [-0.05, 0) is 5.92 Å². The maximum absolute atomic E-state index is 12.0. The van der Waals surface area contributed by atoms with Crippen LogP contribution in [0.3, 0.4) is 0 Å². The molecule has 0 radical (unpaired) electrons. The van der Waals surface area contributed by atoms with E-state index in [0.717, 1.165) is 12.2 Å². The molecule has 2 unspecified atom stereocenters. The van der Waals surface area contributed by atoms with Gasteiger partial charge in [-0.25, -0.2) is 4.98 Å². The maximum atomic E-state index is 12.0. The number of aromatic amines is 1. The predicted molar refractivity (Wildman–Crippen MR) is 58.8 cm³/mol. The molecule has 0 saturated carbocycles. The van der Waals surface area contributed by atoms with Crippen molar-refractivity contribution in [1.29, 1.82) is 0 Å². The first kappa shape index (κ1) is 11.1. The third kappa shape index (κ3) is 1.92. The zero-order valence-electron chi connectivity index (χ0n) is 9.60. The number of nitrogens with one attached hydrogen (secondary N) is 1. The SMILES string of the molecule is CCc1nc(C(=O)N2CC(C)C(N)C2)n[nH]1. The highest BCUT2D eigenvalue weighted by molar-refractivity contribution is 5.90. The van der Waals surface area contributed by atoms with E-state index in [0.29, 0.717) is 19.0 Å². The van der Waals surface area contributed by atoms with Crippen molar-refractivity contribution in [3.8, 4) is 0 Å². The van der Waals surface area contributed by atoms with E-state index in [1.807, 2.05) is 13.8 Å². The van der Waals surface area contributed by atoms with Crippen LogP contribution in [0.2, 0.25) is 0 Å². The first-order valence-electron chi connectivity index (χ1n) is 5.58. The predicted octanol–water partition coefficient (Wildman–Crippen LogP) is -0.214. The average Bonchev–Trinajstić information content (AvgIpc) is 2.86. The van der Waals surface area contributed by atoms with Crippen molar-refractivity contribution in [2.75, 3.05) is 13.1 Å². The molecule has 1 fully saturated rings. The van der Waals surface area contributed by atoms with Crippen LogP contribution in [-0.2, 0) is 6.42 Å². The molecular formula is C10H17N5O. The Morgan fingerprint density at radius 3 is 2.88 bits per heavy atom. The number of H-pyrrole nitrogens is 1. The molecule has 6 nitrogen and oxygen atoms in total. The molecule has 16 heavy (non-hydrogen) atoms. The first-order valence-corrected chi connectivity index (χ1v) is 5.58.